The van der Waals surface area contributed by atoms with Crippen molar-refractivity contribution < 1.29 is 9.53 Å². The Bertz CT molecular complexity index is 601. The number of ether oxygens (including phenoxy) is 1. The summed E-state index contributed by atoms with van der Waals surface area (Å²) in [5.41, 5.74) is 1.20. The van der Waals surface area contributed by atoms with Gasteiger partial charge in [-0.15, -0.1) is 0 Å². The summed E-state index contributed by atoms with van der Waals surface area (Å²) >= 11 is 3.48. The maximum absolute atomic E-state index is 11.6. The number of aromatic nitrogens is 2. The van der Waals surface area contributed by atoms with Gasteiger partial charge in [0.2, 0.25) is 0 Å². The first-order chi connectivity index (χ1) is 8.87. The van der Waals surface area contributed by atoms with E-state index in [9.17, 15) is 4.79 Å². The Balaban J connectivity index is 2.08. The van der Waals surface area contributed by atoms with Crippen molar-refractivity contribution in [1.82, 2.24) is 15.5 Å². The summed E-state index contributed by atoms with van der Waals surface area (Å²) in [5, 5.41) is 10.8. The van der Waals surface area contributed by atoms with E-state index in [1.54, 1.807) is 0 Å². The fourth-order valence-electron chi connectivity index (χ4n) is 1.69. The molecule has 0 aliphatic rings. The van der Waals surface area contributed by atoms with Crippen molar-refractivity contribution in [3.63, 3.8) is 0 Å². The molecule has 0 aliphatic carbocycles. The largest absolute Gasteiger partial charge is 0.444 e. The van der Waals surface area contributed by atoms with E-state index < -0.39 is 11.7 Å². The number of carbonyl (C=O) groups excluding carboxylic acids is 1. The number of aromatic amines is 1. The lowest BCUT2D eigenvalue weighted by atomic mass is 10.2. The lowest BCUT2D eigenvalue weighted by Gasteiger charge is -2.19. The number of benzene rings is 1. The van der Waals surface area contributed by atoms with Gasteiger partial charge < -0.3 is 10.1 Å². The highest BCUT2D eigenvalue weighted by molar-refractivity contribution is 9.10. The zero-order chi connectivity index (χ0) is 14.0. The molecule has 0 bridgehead atoms. The van der Waals surface area contributed by atoms with E-state index in [0.29, 0.717) is 6.54 Å². The molecule has 0 saturated carbocycles. The van der Waals surface area contributed by atoms with Crippen LogP contribution in [0.25, 0.3) is 10.9 Å². The SMILES string of the molecule is CC(C)(C)OC(=O)NCc1n[nH]c2cccc(Br)c12. The molecule has 1 heterocycles. The van der Waals surface area contributed by atoms with Crippen LogP contribution < -0.4 is 5.32 Å². The average Bonchev–Trinajstić information content (AvgIpc) is 2.69. The molecule has 6 heteroatoms. The molecule has 0 saturated heterocycles. The Hall–Kier alpha value is -1.56. The zero-order valence-corrected chi connectivity index (χ0v) is 12.7. The summed E-state index contributed by atoms with van der Waals surface area (Å²) in [4.78, 5) is 11.6. The Labute approximate surface area is 119 Å². The highest BCUT2D eigenvalue weighted by Gasteiger charge is 2.16. The third-order valence-electron chi connectivity index (χ3n) is 2.41. The predicted octanol–water partition coefficient (Wildman–Crippen LogP) is 3.35. The molecular formula is C13H16BrN3O2. The molecule has 0 aliphatic heterocycles. The molecule has 5 nitrogen and oxygen atoms in total. The summed E-state index contributed by atoms with van der Waals surface area (Å²) in [6.45, 7) is 5.80. The van der Waals surface area contributed by atoms with E-state index in [-0.39, 0.29) is 0 Å². The number of hydrogen-bond donors (Lipinski definition) is 2. The molecule has 0 radical (unpaired) electrons. The van der Waals surface area contributed by atoms with Gasteiger partial charge in [-0.25, -0.2) is 4.79 Å². The van der Waals surface area contributed by atoms with Gasteiger partial charge >= 0.3 is 6.09 Å². The molecule has 1 amide bonds. The molecule has 2 N–H and O–H groups in total. The van der Waals surface area contributed by atoms with Gasteiger partial charge in [0.15, 0.2) is 0 Å². The van der Waals surface area contributed by atoms with E-state index in [1.165, 1.54) is 0 Å². The standard InChI is InChI=1S/C13H16BrN3O2/c1-13(2,3)19-12(18)15-7-10-11-8(14)5-4-6-9(11)16-17-10/h4-6H,7H2,1-3H3,(H,15,18)(H,16,17). The third-order valence-corrected chi connectivity index (χ3v) is 3.07. The minimum Gasteiger partial charge on any atom is -0.444 e. The van der Waals surface area contributed by atoms with Crippen LogP contribution in [-0.4, -0.2) is 21.9 Å². The van der Waals surface area contributed by atoms with Crippen LogP contribution in [0.15, 0.2) is 22.7 Å². The number of rotatable bonds is 2. The summed E-state index contributed by atoms with van der Waals surface area (Å²) in [6, 6.07) is 5.80. The molecule has 0 atom stereocenters. The van der Waals surface area contributed by atoms with Crippen LogP contribution in [-0.2, 0) is 11.3 Å². The van der Waals surface area contributed by atoms with Gasteiger partial charge in [-0.2, -0.15) is 5.10 Å². The van der Waals surface area contributed by atoms with E-state index in [2.05, 4.69) is 31.4 Å². The first-order valence-electron chi connectivity index (χ1n) is 5.95. The minimum absolute atomic E-state index is 0.317. The van der Waals surface area contributed by atoms with Crippen LogP contribution in [0.3, 0.4) is 0 Å². The number of amides is 1. The zero-order valence-electron chi connectivity index (χ0n) is 11.1. The monoisotopic (exact) mass is 325 g/mol. The maximum atomic E-state index is 11.6. The van der Waals surface area contributed by atoms with Crippen LogP contribution in [0.2, 0.25) is 0 Å². The van der Waals surface area contributed by atoms with Crippen LogP contribution in [0.5, 0.6) is 0 Å². The van der Waals surface area contributed by atoms with Gasteiger partial charge in [-0.05, 0) is 32.9 Å². The second-order valence-corrected chi connectivity index (χ2v) is 6.04. The summed E-state index contributed by atoms with van der Waals surface area (Å²) in [5.74, 6) is 0. The second kappa shape index (κ2) is 5.21. The first kappa shape index (κ1) is 13.9. The van der Waals surface area contributed by atoms with Gasteiger partial charge in [0.05, 0.1) is 17.8 Å². The fourth-order valence-corrected chi connectivity index (χ4v) is 2.29. The summed E-state index contributed by atoms with van der Waals surface area (Å²) in [6.07, 6.45) is -0.448. The molecule has 1 aromatic heterocycles. The predicted molar refractivity (Wildman–Crippen MR) is 76.9 cm³/mol. The van der Waals surface area contributed by atoms with Crippen molar-refractivity contribution in [3.05, 3.63) is 28.4 Å². The van der Waals surface area contributed by atoms with Crippen LogP contribution in [0.4, 0.5) is 4.79 Å². The smallest absolute Gasteiger partial charge is 0.407 e. The Morgan fingerprint density at radius 1 is 1.47 bits per heavy atom. The molecule has 2 aromatic rings. The lowest BCUT2D eigenvalue weighted by molar-refractivity contribution is 0.0523. The maximum Gasteiger partial charge on any atom is 0.407 e. The molecule has 19 heavy (non-hydrogen) atoms. The molecule has 2 rings (SSSR count). The van der Waals surface area contributed by atoms with Crippen LogP contribution in [0, 0.1) is 0 Å². The normalized spacial score (nSPS) is 11.6. The van der Waals surface area contributed by atoms with E-state index >= 15 is 0 Å². The third kappa shape index (κ3) is 3.47. The van der Waals surface area contributed by atoms with E-state index in [1.807, 2.05) is 39.0 Å². The highest BCUT2D eigenvalue weighted by Crippen LogP contribution is 2.25. The average molecular weight is 326 g/mol. The van der Waals surface area contributed by atoms with Crippen molar-refractivity contribution >= 4 is 32.9 Å². The number of H-pyrrole nitrogens is 1. The summed E-state index contributed by atoms with van der Waals surface area (Å²) < 4.78 is 6.12. The van der Waals surface area contributed by atoms with Gasteiger partial charge in [0.25, 0.3) is 0 Å². The topological polar surface area (TPSA) is 67.0 Å². The van der Waals surface area contributed by atoms with Crippen molar-refractivity contribution in [2.24, 2.45) is 0 Å². The minimum atomic E-state index is -0.502. The lowest BCUT2D eigenvalue weighted by Crippen LogP contribution is -2.32. The van der Waals surface area contributed by atoms with E-state index in [4.69, 9.17) is 4.74 Å². The number of fused-ring (bicyclic) bond motifs is 1. The van der Waals surface area contributed by atoms with Crippen LogP contribution >= 0.6 is 15.9 Å². The number of hydrogen-bond acceptors (Lipinski definition) is 3. The Morgan fingerprint density at radius 3 is 2.89 bits per heavy atom. The Morgan fingerprint density at radius 2 is 2.21 bits per heavy atom. The Kier molecular flexibility index (Phi) is 3.80. The van der Waals surface area contributed by atoms with Crippen molar-refractivity contribution in [3.8, 4) is 0 Å². The van der Waals surface area contributed by atoms with Gasteiger partial charge in [0, 0.05) is 9.86 Å². The molecular weight excluding hydrogens is 310 g/mol. The number of carbonyl (C=O) groups is 1. The summed E-state index contributed by atoms with van der Waals surface area (Å²) in [7, 11) is 0. The molecule has 0 spiro atoms. The highest BCUT2D eigenvalue weighted by atomic mass is 79.9. The first-order valence-corrected chi connectivity index (χ1v) is 6.74. The van der Waals surface area contributed by atoms with E-state index in [0.717, 1.165) is 21.1 Å². The number of nitrogens with zero attached hydrogens (tertiary/aromatic N) is 1. The van der Waals surface area contributed by atoms with Crippen molar-refractivity contribution in [2.45, 2.75) is 32.9 Å². The molecule has 0 fully saturated rings. The second-order valence-electron chi connectivity index (χ2n) is 5.19. The van der Waals surface area contributed by atoms with Gasteiger partial charge in [0.1, 0.15) is 5.60 Å². The van der Waals surface area contributed by atoms with Crippen molar-refractivity contribution in [1.29, 1.82) is 0 Å². The molecule has 0 unspecified atom stereocenters. The van der Waals surface area contributed by atoms with Crippen LogP contribution in [0.1, 0.15) is 26.5 Å². The van der Waals surface area contributed by atoms with Gasteiger partial charge in [-0.1, -0.05) is 22.0 Å². The molecule has 1 aromatic carbocycles. The molecule has 102 valence electrons. The number of halogens is 1. The van der Waals surface area contributed by atoms with Gasteiger partial charge in [-0.3, -0.25) is 5.10 Å². The quantitative estimate of drug-likeness (QED) is 0.889. The number of alkyl carbamates (subject to hydrolysis) is 1. The van der Waals surface area contributed by atoms with Crippen molar-refractivity contribution in [2.75, 3.05) is 0 Å². The number of nitrogens with one attached hydrogen (secondary N) is 2. The fraction of sp³-hybridized carbons (Fsp3) is 0.385.